The van der Waals surface area contributed by atoms with Gasteiger partial charge in [-0.25, -0.2) is 15.0 Å². The summed E-state index contributed by atoms with van der Waals surface area (Å²) < 4.78 is 7.04. The summed E-state index contributed by atoms with van der Waals surface area (Å²) in [6.07, 6.45) is 11.6. The van der Waals surface area contributed by atoms with Crippen molar-refractivity contribution in [3.8, 4) is 5.82 Å². The van der Waals surface area contributed by atoms with E-state index in [9.17, 15) is 4.79 Å². The number of amides is 1. The Kier molecular flexibility index (Phi) is 4.46. The molecule has 4 heterocycles. The van der Waals surface area contributed by atoms with Crippen molar-refractivity contribution in [1.29, 1.82) is 0 Å². The molecule has 0 unspecified atom stereocenters. The van der Waals surface area contributed by atoms with Crippen molar-refractivity contribution in [3.05, 3.63) is 61.3 Å². The molecule has 0 bridgehead atoms. The molecule has 3 aromatic heterocycles. The summed E-state index contributed by atoms with van der Waals surface area (Å²) >= 11 is 0. The van der Waals surface area contributed by atoms with Crippen molar-refractivity contribution < 1.29 is 9.21 Å². The first-order valence-corrected chi connectivity index (χ1v) is 8.35. The fourth-order valence-corrected chi connectivity index (χ4v) is 2.85. The molecule has 8 nitrogen and oxygen atoms in total. The monoisotopic (exact) mass is 350 g/mol. The van der Waals surface area contributed by atoms with Gasteiger partial charge in [0.15, 0.2) is 0 Å². The summed E-state index contributed by atoms with van der Waals surface area (Å²) in [4.78, 5) is 28.9. The Morgan fingerprint density at radius 3 is 2.73 bits per heavy atom. The molecule has 3 aromatic rings. The standard InChI is InChI=1S/C18H18N6O2/c25-18(4-3-15-2-1-11-26-15)23-9-7-22(8-10-23)16-12-17(21-13-20-16)24-6-5-19-14-24/h1-6,11-14H,7-10H2/b4-3+. The number of hydrogen-bond donors (Lipinski definition) is 0. The summed E-state index contributed by atoms with van der Waals surface area (Å²) in [7, 11) is 0. The maximum atomic E-state index is 12.3. The molecule has 0 N–H and O–H groups in total. The lowest BCUT2D eigenvalue weighted by Gasteiger charge is -2.34. The highest BCUT2D eigenvalue weighted by Gasteiger charge is 2.21. The van der Waals surface area contributed by atoms with E-state index in [-0.39, 0.29) is 5.91 Å². The van der Waals surface area contributed by atoms with Gasteiger partial charge >= 0.3 is 0 Å². The fraction of sp³-hybridized carbons (Fsp3) is 0.222. The zero-order valence-corrected chi connectivity index (χ0v) is 14.1. The predicted molar refractivity (Wildman–Crippen MR) is 95.7 cm³/mol. The molecule has 132 valence electrons. The van der Waals surface area contributed by atoms with Crippen LogP contribution in [0.3, 0.4) is 0 Å². The lowest BCUT2D eigenvalue weighted by atomic mass is 10.3. The van der Waals surface area contributed by atoms with Crippen LogP contribution >= 0.6 is 0 Å². The van der Waals surface area contributed by atoms with Crippen LogP contribution in [0.4, 0.5) is 5.82 Å². The van der Waals surface area contributed by atoms with E-state index in [1.54, 1.807) is 43.3 Å². The van der Waals surface area contributed by atoms with Gasteiger partial charge in [0.1, 0.15) is 30.1 Å². The topological polar surface area (TPSA) is 80.3 Å². The molecule has 8 heteroatoms. The highest BCUT2D eigenvalue weighted by molar-refractivity contribution is 5.91. The molecule has 0 aromatic carbocycles. The number of carbonyl (C=O) groups excluding carboxylic acids is 1. The van der Waals surface area contributed by atoms with E-state index in [1.807, 2.05) is 27.8 Å². The van der Waals surface area contributed by atoms with Crippen molar-refractivity contribution in [3.63, 3.8) is 0 Å². The number of anilines is 1. The van der Waals surface area contributed by atoms with Crippen LogP contribution in [-0.2, 0) is 4.79 Å². The highest BCUT2D eigenvalue weighted by Crippen LogP contribution is 2.16. The van der Waals surface area contributed by atoms with E-state index in [1.165, 1.54) is 0 Å². The Bertz CT molecular complexity index is 880. The van der Waals surface area contributed by atoms with Gasteiger partial charge in [-0.3, -0.25) is 9.36 Å². The lowest BCUT2D eigenvalue weighted by Crippen LogP contribution is -2.48. The molecule has 1 saturated heterocycles. The number of aromatic nitrogens is 4. The van der Waals surface area contributed by atoms with Crippen LogP contribution in [0.1, 0.15) is 5.76 Å². The first-order chi connectivity index (χ1) is 12.8. The number of piperazine rings is 1. The van der Waals surface area contributed by atoms with Gasteiger partial charge in [-0.2, -0.15) is 0 Å². The Balaban J connectivity index is 1.38. The molecule has 0 saturated carbocycles. The second-order valence-electron chi connectivity index (χ2n) is 5.87. The van der Waals surface area contributed by atoms with E-state index < -0.39 is 0 Å². The van der Waals surface area contributed by atoms with Crippen LogP contribution in [0.5, 0.6) is 0 Å². The lowest BCUT2D eigenvalue weighted by molar-refractivity contribution is -0.126. The number of hydrogen-bond acceptors (Lipinski definition) is 6. The summed E-state index contributed by atoms with van der Waals surface area (Å²) in [5.74, 6) is 2.28. The van der Waals surface area contributed by atoms with Crippen LogP contribution < -0.4 is 4.90 Å². The second-order valence-corrected chi connectivity index (χ2v) is 5.87. The third-order valence-electron chi connectivity index (χ3n) is 4.26. The van der Waals surface area contributed by atoms with E-state index >= 15 is 0 Å². The third-order valence-corrected chi connectivity index (χ3v) is 4.26. The van der Waals surface area contributed by atoms with Crippen molar-refractivity contribution >= 4 is 17.8 Å². The molecule has 4 rings (SSSR count). The maximum absolute atomic E-state index is 12.3. The highest BCUT2D eigenvalue weighted by atomic mass is 16.3. The molecule has 1 amide bonds. The molecular formula is C18H18N6O2. The van der Waals surface area contributed by atoms with E-state index in [0.717, 1.165) is 24.7 Å². The van der Waals surface area contributed by atoms with Gasteiger partial charge in [-0.05, 0) is 18.2 Å². The zero-order valence-electron chi connectivity index (χ0n) is 14.1. The Labute approximate surface area is 150 Å². The smallest absolute Gasteiger partial charge is 0.246 e. The molecular weight excluding hydrogens is 332 g/mol. The van der Waals surface area contributed by atoms with Crippen LogP contribution in [-0.4, -0.2) is 56.5 Å². The Hall–Kier alpha value is -3.42. The predicted octanol–water partition coefficient (Wildman–Crippen LogP) is 1.62. The average Bonchev–Trinajstić information content (AvgIpc) is 3.40. The van der Waals surface area contributed by atoms with Gasteiger partial charge in [-0.1, -0.05) is 0 Å². The van der Waals surface area contributed by atoms with Crippen LogP contribution in [0.2, 0.25) is 0 Å². The quantitative estimate of drug-likeness (QED) is 0.665. The minimum Gasteiger partial charge on any atom is -0.465 e. The molecule has 0 atom stereocenters. The van der Waals surface area contributed by atoms with Gasteiger partial charge in [0.25, 0.3) is 0 Å². The normalized spacial score (nSPS) is 14.9. The van der Waals surface area contributed by atoms with Crippen LogP contribution in [0.25, 0.3) is 11.9 Å². The van der Waals surface area contributed by atoms with Gasteiger partial charge in [0.05, 0.1) is 6.26 Å². The Morgan fingerprint density at radius 2 is 2.00 bits per heavy atom. The molecule has 0 radical (unpaired) electrons. The van der Waals surface area contributed by atoms with Gasteiger partial charge in [0.2, 0.25) is 5.91 Å². The summed E-state index contributed by atoms with van der Waals surface area (Å²) in [5, 5.41) is 0. The maximum Gasteiger partial charge on any atom is 0.246 e. The number of imidazole rings is 1. The molecule has 0 aliphatic carbocycles. The van der Waals surface area contributed by atoms with Crippen molar-refractivity contribution in [2.75, 3.05) is 31.1 Å². The van der Waals surface area contributed by atoms with Gasteiger partial charge in [0, 0.05) is 50.7 Å². The molecule has 1 aliphatic heterocycles. The molecule has 26 heavy (non-hydrogen) atoms. The van der Waals surface area contributed by atoms with Gasteiger partial charge in [-0.15, -0.1) is 0 Å². The van der Waals surface area contributed by atoms with Crippen LogP contribution in [0, 0.1) is 0 Å². The molecule has 0 spiro atoms. The second kappa shape index (κ2) is 7.22. The van der Waals surface area contributed by atoms with Gasteiger partial charge < -0.3 is 14.2 Å². The van der Waals surface area contributed by atoms with E-state index in [0.29, 0.717) is 18.8 Å². The first kappa shape index (κ1) is 16.1. The number of rotatable bonds is 4. The largest absolute Gasteiger partial charge is 0.465 e. The summed E-state index contributed by atoms with van der Waals surface area (Å²) in [5.41, 5.74) is 0. The summed E-state index contributed by atoms with van der Waals surface area (Å²) in [6, 6.07) is 5.54. The zero-order chi connectivity index (χ0) is 17.8. The Morgan fingerprint density at radius 1 is 1.15 bits per heavy atom. The number of carbonyl (C=O) groups is 1. The SMILES string of the molecule is O=C(/C=C/c1ccco1)N1CCN(c2cc(-n3ccnc3)ncn2)CC1. The van der Waals surface area contributed by atoms with E-state index in [4.69, 9.17) is 4.42 Å². The number of furan rings is 1. The first-order valence-electron chi connectivity index (χ1n) is 8.35. The third kappa shape index (κ3) is 3.49. The van der Waals surface area contributed by atoms with E-state index in [2.05, 4.69) is 19.9 Å². The van der Waals surface area contributed by atoms with Crippen molar-refractivity contribution in [2.24, 2.45) is 0 Å². The minimum atomic E-state index is -0.0113. The minimum absolute atomic E-state index is 0.0113. The number of nitrogens with zero attached hydrogens (tertiary/aromatic N) is 6. The van der Waals surface area contributed by atoms with Crippen LogP contribution in [0.15, 0.2) is 60.0 Å². The average molecular weight is 350 g/mol. The molecule has 1 fully saturated rings. The van der Waals surface area contributed by atoms with Crippen molar-refractivity contribution in [1.82, 2.24) is 24.4 Å². The van der Waals surface area contributed by atoms with Crippen molar-refractivity contribution in [2.45, 2.75) is 0 Å². The summed E-state index contributed by atoms with van der Waals surface area (Å²) in [6.45, 7) is 2.74. The molecule has 1 aliphatic rings. The fourth-order valence-electron chi connectivity index (χ4n) is 2.85.